The summed E-state index contributed by atoms with van der Waals surface area (Å²) in [4.78, 5) is 3.91. The van der Waals surface area contributed by atoms with Gasteiger partial charge in [-0.3, -0.25) is 4.98 Å². The predicted molar refractivity (Wildman–Crippen MR) is 77.7 cm³/mol. The van der Waals surface area contributed by atoms with Gasteiger partial charge in [-0.2, -0.15) is 0 Å². The molecule has 0 amide bonds. The summed E-state index contributed by atoms with van der Waals surface area (Å²) in [6, 6.07) is 3.65. The van der Waals surface area contributed by atoms with Crippen LogP contribution in [0.15, 0.2) is 24.5 Å². The fourth-order valence-corrected chi connectivity index (χ4v) is 3.71. The van der Waals surface area contributed by atoms with Crippen molar-refractivity contribution < 1.29 is 13.5 Å². The van der Waals surface area contributed by atoms with Crippen molar-refractivity contribution in [2.75, 3.05) is 12.3 Å². The zero-order valence-corrected chi connectivity index (χ0v) is 12.3. The van der Waals surface area contributed by atoms with Crippen LogP contribution < -0.4 is 4.72 Å². The highest BCUT2D eigenvalue weighted by Crippen LogP contribution is 2.23. The topological polar surface area (TPSA) is 79.3 Å². The van der Waals surface area contributed by atoms with E-state index in [0.29, 0.717) is 19.4 Å². The second-order valence-corrected chi connectivity index (χ2v) is 7.39. The van der Waals surface area contributed by atoms with Crippen LogP contribution in [0.3, 0.4) is 0 Å². The monoisotopic (exact) mass is 298 g/mol. The van der Waals surface area contributed by atoms with Crippen molar-refractivity contribution in [2.24, 2.45) is 5.92 Å². The van der Waals surface area contributed by atoms with Crippen molar-refractivity contribution in [3.8, 4) is 0 Å². The van der Waals surface area contributed by atoms with Crippen LogP contribution in [0.4, 0.5) is 0 Å². The third kappa shape index (κ3) is 5.19. The maximum Gasteiger partial charge on any atom is 0.211 e. The van der Waals surface area contributed by atoms with Gasteiger partial charge in [0.2, 0.25) is 10.0 Å². The van der Waals surface area contributed by atoms with E-state index in [-0.39, 0.29) is 17.8 Å². The lowest BCUT2D eigenvalue weighted by atomic mass is 9.87. The summed E-state index contributed by atoms with van der Waals surface area (Å²) < 4.78 is 26.5. The fraction of sp³-hybridized carbons (Fsp3) is 0.643. The number of hydrogen-bond acceptors (Lipinski definition) is 4. The summed E-state index contributed by atoms with van der Waals surface area (Å²) in [6.07, 6.45) is 7.06. The van der Waals surface area contributed by atoms with Crippen LogP contribution in [0.5, 0.6) is 0 Å². The largest absolute Gasteiger partial charge is 0.393 e. The van der Waals surface area contributed by atoms with Crippen LogP contribution in [0.25, 0.3) is 0 Å². The van der Waals surface area contributed by atoms with Crippen LogP contribution in [-0.4, -0.2) is 36.9 Å². The summed E-state index contributed by atoms with van der Waals surface area (Å²) in [6.45, 7) is 0.440. The number of aliphatic hydroxyl groups excluding tert-OH is 1. The maximum absolute atomic E-state index is 11.9. The van der Waals surface area contributed by atoms with Gasteiger partial charge in [0, 0.05) is 18.9 Å². The molecule has 1 aromatic rings. The average Bonchev–Trinajstić information content (AvgIpc) is 2.45. The van der Waals surface area contributed by atoms with Crippen LogP contribution >= 0.6 is 0 Å². The molecule has 1 aromatic heterocycles. The number of rotatable bonds is 6. The van der Waals surface area contributed by atoms with E-state index in [0.717, 1.165) is 24.8 Å². The zero-order chi connectivity index (χ0) is 14.4. The first kappa shape index (κ1) is 15.4. The van der Waals surface area contributed by atoms with Gasteiger partial charge in [0.25, 0.3) is 0 Å². The Bertz CT molecular complexity index is 504. The van der Waals surface area contributed by atoms with Crippen molar-refractivity contribution in [1.82, 2.24) is 9.71 Å². The molecule has 5 nitrogen and oxygen atoms in total. The second kappa shape index (κ2) is 7.15. The number of nitrogens with one attached hydrogen (secondary N) is 1. The third-order valence-corrected chi connectivity index (χ3v) is 5.10. The summed E-state index contributed by atoms with van der Waals surface area (Å²) >= 11 is 0. The molecule has 1 aliphatic rings. The summed E-state index contributed by atoms with van der Waals surface area (Å²) in [5.74, 6) is 0.348. The molecule has 2 rings (SSSR count). The van der Waals surface area contributed by atoms with Gasteiger partial charge in [0.05, 0.1) is 11.9 Å². The van der Waals surface area contributed by atoms with Gasteiger partial charge in [-0.05, 0) is 49.3 Å². The first-order valence-electron chi connectivity index (χ1n) is 7.09. The molecule has 0 saturated heterocycles. The Hall–Kier alpha value is -0.980. The normalized spacial score (nSPS) is 23.6. The molecule has 1 saturated carbocycles. The van der Waals surface area contributed by atoms with E-state index in [1.165, 1.54) is 0 Å². The number of aromatic nitrogens is 1. The maximum atomic E-state index is 11.9. The smallest absolute Gasteiger partial charge is 0.211 e. The number of sulfonamides is 1. The van der Waals surface area contributed by atoms with E-state index in [9.17, 15) is 13.5 Å². The lowest BCUT2D eigenvalue weighted by molar-refractivity contribution is 0.102. The first-order valence-corrected chi connectivity index (χ1v) is 8.75. The van der Waals surface area contributed by atoms with E-state index in [1.807, 2.05) is 12.1 Å². The minimum Gasteiger partial charge on any atom is -0.393 e. The van der Waals surface area contributed by atoms with Crippen LogP contribution in [0, 0.1) is 5.92 Å². The van der Waals surface area contributed by atoms with E-state index in [2.05, 4.69) is 9.71 Å². The van der Waals surface area contributed by atoms with E-state index in [1.54, 1.807) is 12.4 Å². The molecule has 2 N–H and O–H groups in total. The minimum atomic E-state index is -3.25. The van der Waals surface area contributed by atoms with Crippen molar-refractivity contribution >= 4 is 10.0 Å². The number of hydrogen-bond donors (Lipinski definition) is 2. The highest BCUT2D eigenvalue weighted by Gasteiger charge is 2.21. The van der Waals surface area contributed by atoms with Gasteiger partial charge in [0.15, 0.2) is 0 Å². The predicted octanol–water partition coefficient (Wildman–Crippen LogP) is 1.09. The molecular formula is C14H22N2O3S. The Morgan fingerprint density at radius 3 is 2.75 bits per heavy atom. The Morgan fingerprint density at radius 2 is 2.05 bits per heavy atom. The lowest BCUT2D eigenvalue weighted by Gasteiger charge is -2.25. The molecule has 0 spiro atoms. The number of aryl methyl sites for hydroxylation is 1. The Kier molecular flexibility index (Phi) is 5.51. The Balaban J connectivity index is 1.76. The summed E-state index contributed by atoms with van der Waals surface area (Å²) in [5, 5.41) is 9.58. The molecule has 112 valence electrons. The van der Waals surface area contributed by atoms with Gasteiger partial charge in [0.1, 0.15) is 0 Å². The van der Waals surface area contributed by atoms with Crippen molar-refractivity contribution in [3.05, 3.63) is 30.1 Å². The molecular weight excluding hydrogens is 276 g/mol. The van der Waals surface area contributed by atoms with Crippen molar-refractivity contribution in [2.45, 2.75) is 38.2 Å². The van der Waals surface area contributed by atoms with Crippen molar-refractivity contribution in [3.63, 3.8) is 0 Å². The quantitative estimate of drug-likeness (QED) is 0.824. The van der Waals surface area contributed by atoms with Gasteiger partial charge >= 0.3 is 0 Å². The van der Waals surface area contributed by atoms with Gasteiger partial charge < -0.3 is 5.11 Å². The number of aliphatic hydroxyl groups is 1. The molecule has 0 aromatic carbocycles. The molecule has 20 heavy (non-hydrogen) atoms. The minimum absolute atomic E-state index is 0.0896. The van der Waals surface area contributed by atoms with E-state index in [4.69, 9.17) is 0 Å². The van der Waals surface area contributed by atoms with Gasteiger partial charge in [-0.1, -0.05) is 6.42 Å². The van der Waals surface area contributed by atoms with Crippen LogP contribution in [0.1, 0.15) is 31.2 Å². The van der Waals surface area contributed by atoms with Crippen LogP contribution in [-0.2, 0) is 16.4 Å². The molecule has 6 heteroatoms. The SMILES string of the molecule is O=S(=O)(CCc1ccncc1)NCC1CCCC(O)C1. The second-order valence-electron chi connectivity index (χ2n) is 5.46. The highest BCUT2D eigenvalue weighted by atomic mass is 32.2. The molecule has 2 atom stereocenters. The standard InChI is InChI=1S/C14H22N2O3S/c17-14-3-1-2-13(10-14)11-16-20(18,19)9-6-12-4-7-15-8-5-12/h4-5,7-8,13-14,16-17H,1-3,6,9-11H2. The first-order chi connectivity index (χ1) is 9.55. The number of nitrogens with zero attached hydrogens (tertiary/aromatic N) is 1. The molecule has 0 aliphatic heterocycles. The molecule has 1 aliphatic carbocycles. The highest BCUT2D eigenvalue weighted by molar-refractivity contribution is 7.89. The van der Waals surface area contributed by atoms with E-state index >= 15 is 0 Å². The summed E-state index contributed by atoms with van der Waals surface area (Å²) in [5.41, 5.74) is 0.971. The van der Waals surface area contributed by atoms with Crippen LogP contribution in [0.2, 0.25) is 0 Å². The Labute approximate surface area is 120 Å². The van der Waals surface area contributed by atoms with E-state index < -0.39 is 10.0 Å². The molecule has 0 radical (unpaired) electrons. The molecule has 0 bridgehead atoms. The average molecular weight is 298 g/mol. The summed E-state index contributed by atoms with van der Waals surface area (Å²) in [7, 11) is -3.25. The Morgan fingerprint density at radius 1 is 1.30 bits per heavy atom. The van der Waals surface area contributed by atoms with Crippen molar-refractivity contribution in [1.29, 1.82) is 0 Å². The fourth-order valence-electron chi connectivity index (χ4n) is 2.57. The third-order valence-electron chi connectivity index (χ3n) is 3.76. The zero-order valence-electron chi connectivity index (χ0n) is 11.5. The molecule has 1 fully saturated rings. The number of pyridine rings is 1. The van der Waals surface area contributed by atoms with Gasteiger partial charge in [-0.15, -0.1) is 0 Å². The lowest BCUT2D eigenvalue weighted by Crippen LogP contribution is -2.34. The molecule has 1 heterocycles. The van der Waals surface area contributed by atoms with Gasteiger partial charge in [-0.25, -0.2) is 13.1 Å². The molecule has 2 unspecified atom stereocenters.